The lowest BCUT2D eigenvalue weighted by atomic mass is 10.1. The average molecular weight is 330 g/mol. The summed E-state index contributed by atoms with van der Waals surface area (Å²) in [6.45, 7) is 2.44. The van der Waals surface area contributed by atoms with Crippen LogP contribution in [0.25, 0.3) is 0 Å². The quantitative estimate of drug-likeness (QED) is 0.837. The van der Waals surface area contributed by atoms with Crippen LogP contribution in [0, 0.1) is 0 Å². The minimum Gasteiger partial charge on any atom is -0.206 e. The van der Waals surface area contributed by atoms with Gasteiger partial charge in [0.05, 0.1) is 4.34 Å². The molecular formula is C14H16ClNO2S2. The van der Waals surface area contributed by atoms with Gasteiger partial charge in [0.1, 0.15) is 4.21 Å². The van der Waals surface area contributed by atoms with E-state index in [1.807, 2.05) is 24.3 Å². The van der Waals surface area contributed by atoms with Crippen molar-refractivity contribution in [2.24, 2.45) is 0 Å². The van der Waals surface area contributed by atoms with E-state index in [4.69, 9.17) is 11.6 Å². The summed E-state index contributed by atoms with van der Waals surface area (Å²) >= 11 is 6.88. The second-order valence-electron chi connectivity index (χ2n) is 4.49. The predicted molar refractivity (Wildman–Crippen MR) is 83.8 cm³/mol. The lowest BCUT2D eigenvalue weighted by Gasteiger charge is -2.16. The smallest absolute Gasteiger partial charge is 0.206 e. The molecule has 6 heteroatoms. The lowest BCUT2D eigenvalue weighted by Crippen LogP contribution is -2.25. The fourth-order valence-electron chi connectivity index (χ4n) is 1.81. The summed E-state index contributed by atoms with van der Waals surface area (Å²) in [5.41, 5.74) is 2.21. The highest BCUT2D eigenvalue weighted by atomic mass is 35.5. The number of sulfonamides is 1. The van der Waals surface area contributed by atoms with E-state index < -0.39 is 10.0 Å². The number of nitrogens with zero attached hydrogens (tertiary/aromatic N) is 1. The molecule has 2 rings (SSSR count). The van der Waals surface area contributed by atoms with Gasteiger partial charge in [0.15, 0.2) is 0 Å². The van der Waals surface area contributed by atoms with Gasteiger partial charge in [-0.3, -0.25) is 0 Å². The molecule has 0 aliphatic carbocycles. The highest BCUT2D eigenvalue weighted by Gasteiger charge is 2.22. The van der Waals surface area contributed by atoms with Gasteiger partial charge in [0.25, 0.3) is 10.0 Å². The zero-order valence-corrected chi connectivity index (χ0v) is 13.7. The largest absolute Gasteiger partial charge is 0.252 e. The van der Waals surface area contributed by atoms with Gasteiger partial charge < -0.3 is 0 Å². The molecule has 108 valence electrons. The molecule has 0 atom stereocenters. The normalized spacial score (nSPS) is 12.0. The Hall–Kier alpha value is -0.880. The maximum Gasteiger partial charge on any atom is 0.252 e. The topological polar surface area (TPSA) is 37.4 Å². The first-order valence-electron chi connectivity index (χ1n) is 6.23. The molecule has 0 N–H and O–H groups in total. The van der Waals surface area contributed by atoms with Gasteiger partial charge in [-0.1, -0.05) is 42.8 Å². The van der Waals surface area contributed by atoms with Crippen molar-refractivity contribution in [2.75, 3.05) is 7.05 Å². The van der Waals surface area contributed by atoms with Crippen LogP contribution in [0.5, 0.6) is 0 Å². The molecule has 2 aromatic rings. The van der Waals surface area contributed by atoms with E-state index in [1.54, 1.807) is 19.2 Å². The molecule has 0 fully saturated rings. The summed E-state index contributed by atoms with van der Waals surface area (Å²) in [4.78, 5) is 0. The first kappa shape index (κ1) is 15.5. The zero-order chi connectivity index (χ0) is 14.8. The summed E-state index contributed by atoms with van der Waals surface area (Å²) < 4.78 is 26.8. The molecule has 0 aliphatic rings. The molecule has 0 bridgehead atoms. The minimum atomic E-state index is -3.46. The average Bonchev–Trinajstić information content (AvgIpc) is 2.87. The number of rotatable bonds is 5. The number of benzene rings is 1. The monoisotopic (exact) mass is 329 g/mol. The summed E-state index contributed by atoms with van der Waals surface area (Å²) in [5.74, 6) is 0. The third-order valence-electron chi connectivity index (χ3n) is 3.05. The number of hydrogen-bond acceptors (Lipinski definition) is 3. The predicted octanol–water partition coefficient (Wildman–Crippen LogP) is 3.78. The van der Waals surface area contributed by atoms with Crippen molar-refractivity contribution in [3.05, 3.63) is 51.9 Å². The molecule has 0 unspecified atom stereocenters. The Morgan fingerprint density at radius 3 is 2.20 bits per heavy atom. The van der Waals surface area contributed by atoms with Gasteiger partial charge in [-0.2, -0.15) is 4.31 Å². The number of halogens is 1. The standard InChI is InChI=1S/C14H16ClNO2S2/c1-3-11-4-6-12(7-5-11)10-16(2)20(17,18)14-9-8-13(15)19-14/h4-9H,3,10H2,1-2H3. The van der Waals surface area contributed by atoms with Crippen molar-refractivity contribution in [1.29, 1.82) is 0 Å². The fourth-order valence-corrected chi connectivity index (χ4v) is 4.66. The van der Waals surface area contributed by atoms with Crippen molar-refractivity contribution >= 4 is 33.0 Å². The number of hydrogen-bond donors (Lipinski definition) is 0. The van der Waals surface area contributed by atoms with E-state index in [-0.39, 0.29) is 4.21 Å². The first-order valence-corrected chi connectivity index (χ1v) is 8.86. The molecule has 0 saturated carbocycles. The van der Waals surface area contributed by atoms with E-state index in [0.717, 1.165) is 23.3 Å². The third-order valence-corrected chi connectivity index (χ3v) is 6.55. The van der Waals surface area contributed by atoms with Gasteiger partial charge in [0, 0.05) is 13.6 Å². The van der Waals surface area contributed by atoms with E-state index >= 15 is 0 Å². The molecule has 1 heterocycles. The van der Waals surface area contributed by atoms with Crippen molar-refractivity contribution in [2.45, 2.75) is 24.1 Å². The highest BCUT2D eigenvalue weighted by Crippen LogP contribution is 2.28. The van der Waals surface area contributed by atoms with Crippen molar-refractivity contribution in [3.8, 4) is 0 Å². The third kappa shape index (κ3) is 3.41. The van der Waals surface area contributed by atoms with Gasteiger partial charge in [-0.25, -0.2) is 8.42 Å². The van der Waals surface area contributed by atoms with Gasteiger partial charge >= 0.3 is 0 Å². The van der Waals surface area contributed by atoms with E-state index in [9.17, 15) is 8.42 Å². The minimum absolute atomic E-state index is 0.273. The molecule has 0 aliphatic heterocycles. The Bertz CT molecular complexity index is 677. The van der Waals surface area contributed by atoms with Gasteiger partial charge in [-0.05, 0) is 29.7 Å². The zero-order valence-electron chi connectivity index (χ0n) is 11.3. The van der Waals surface area contributed by atoms with E-state index in [2.05, 4.69) is 6.92 Å². The summed E-state index contributed by atoms with van der Waals surface area (Å²) in [6, 6.07) is 11.1. The summed E-state index contributed by atoms with van der Waals surface area (Å²) in [7, 11) is -1.88. The fraction of sp³-hybridized carbons (Fsp3) is 0.286. The second-order valence-corrected chi connectivity index (χ2v) is 8.48. The molecule has 1 aromatic heterocycles. The van der Waals surface area contributed by atoms with Crippen LogP contribution in [0.1, 0.15) is 18.1 Å². The van der Waals surface area contributed by atoms with Crippen LogP contribution in [-0.2, 0) is 23.0 Å². The van der Waals surface area contributed by atoms with Crippen LogP contribution < -0.4 is 0 Å². The molecule has 20 heavy (non-hydrogen) atoms. The van der Waals surface area contributed by atoms with Crippen LogP contribution in [0.15, 0.2) is 40.6 Å². The molecule has 0 amide bonds. The van der Waals surface area contributed by atoms with Crippen LogP contribution >= 0.6 is 22.9 Å². The van der Waals surface area contributed by atoms with Gasteiger partial charge in [0.2, 0.25) is 0 Å². The van der Waals surface area contributed by atoms with E-state index in [0.29, 0.717) is 10.9 Å². The Morgan fingerprint density at radius 1 is 1.10 bits per heavy atom. The maximum atomic E-state index is 12.4. The maximum absolute atomic E-state index is 12.4. The molecule has 0 saturated heterocycles. The molecule has 1 aromatic carbocycles. The van der Waals surface area contributed by atoms with Crippen LogP contribution in [0.2, 0.25) is 4.34 Å². The Labute approximate surface area is 128 Å². The molecular weight excluding hydrogens is 314 g/mol. The number of thiophene rings is 1. The SMILES string of the molecule is CCc1ccc(CN(C)S(=O)(=O)c2ccc(Cl)s2)cc1. The van der Waals surface area contributed by atoms with Crippen molar-refractivity contribution in [1.82, 2.24) is 4.31 Å². The molecule has 0 radical (unpaired) electrons. The van der Waals surface area contributed by atoms with Crippen molar-refractivity contribution in [3.63, 3.8) is 0 Å². The van der Waals surface area contributed by atoms with Gasteiger partial charge in [-0.15, -0.1) is 11.3 Å². The summed E-state index contributed by atoms with van der Waals surface area (Å²) in [6.07, 6.45) is 0.974. The highest BCUT2D eigenvalue weighted by molar-refractivity contribution is 7.91. The van der Waals surface area contributed by atoms with Crippen LogP contribution in [-0.4, -0.2) is 19.8 Å². The first-order chi connectivity index (χ1) is 9.43. The van der Waals surface area contributed by atoms with Crippen LogP contribution in [0.4, 0.5) is 0 Å². The molecule has 0 spiro atoms. The summed E-state index contributed by atoms with van der Waals surface area (Å²) in [5, 5.41) is 0. The van der Waals surface area contributed by atoms with Crippen LogP contribution in [0.3, 0.4) is 0 Å². The Morgan fingerprint density at radius 2 is 1.70 bits per heavy atom. The second kappa shape index (κ2) is 6.26. The molecule has 3 nitrogen and oxygen atoms in total. The Balaban J connectivity index is 2.16. The lowest BCUT2D eigenvalue weighted by molar-refractivity contribution is 0.468. The number of aryl methyl sites for hydroxylation is 1. The van der Waals surface area contributed by atoms with Crippen molar-refractivity contribution < 1.29 is 8.42 Å². The Kier molecular flexibility index (Phi) is 4.86. The van der Waals surface area contributed by atoms with E-state index in [1.165, 1.54) is 9.87 Å².